The van der Waals surface area contributed by atoms with Crippen molar-refractivity contribution >= 4 is 5.91 Å². The molecule has 28 heavy (non-hydrogen) atoms. The van der Waals surface area contributed by atoms with Crippen molar-refractivity contribution in [2.24, 2.45) is 0 Å². The lowest BCUT2D eigenvalue weighted by Gasteiger charge is -2.17. The van der Waals surface area contributed by atoms with Crippen molar-refractivity contribution in [1.29, 1.82) is 0 Å². The van der Waals surface area contributed by atoms with E-state index in [9.17, 15) is 22.8 Å². The molecule has 0 bridgehead atoms. The molecule has 0 fully saturated rings. The van der Waals surface area contributed by atoms with Gasteiger partial charge in [0.2, 0.25) is 0 Å². The standard InChI is InChI=1S/C20H21F3N2O3/c1-28-16-11-17(26)25-10-4-2-3-5-15(25)18(16)19(27)24-12-13-6-8-14(9-7-13)20(21,22)23/h6-9,11H,2-5,10,12H2,1H3,(H,24,27). The summed E-state index contributed by atoms with van der Waals surface area (Å²) in [4.78, 5) is 25.2. The summed E-state index contributed by atoms with van der Waals surface area (Å²) < 4.78 is 44.8. The lowest BCUT2D eigenvalue weighted by atomic mass is 10.1. The maximum atomic E-state index is 12.8. The van der Waals surface area contributed by atoms with Crippen LogP contribution in [0.1, 0.15) is 46.4 Å². The molecular weight excluding hydrogens is 373 g/mol. The number of aromatic nitrogens is 1. The van der Waals surface area contributed by atoms with Crippen LogP contribution in [0.15, 0.2) is 35.1 Å². The number of amides is 1. The molecule has 0 atom stereocenters. The summed E-state index contributed by atoms with van der Waals surface area (Å²) in [6.07, 6.45) is -1.10. The summed E-state index contributed by atoms with van der Waals surface area (Å²) in [6.45, 7) is 0.621. The van der Waals surface area contributed by atoms with Gasteiger partial charge in [0.05, 0.1) is 12.7 Å². The van der Waals surface area contributed by atoms with Crippen LogP contribution in [-0.4, -0.2) is 17.6 Å². The highest BCUT2D eigenvalue weighted by Gasteiger charge is 2.30. The Morgan fingerprint density at radius 2 is 1.89 bits per heavy atom. The number of hydrogen-bond donors (Lipinski definition) is 1. The quantitative estimate of drug-likeness (QED) is 0.863. The number of nitrogens with zero attached hydrogens (tertiary/aromatic N) is 1. The Morgan fingerprint density at radius 1 is 1.18 bits per heavy atom. The third-order valence-corrected chi connectivity index (χ3v) is 4.86. The predicted octanol–water partition coefficient (Wildman–Crippen LogP) is 3.53. The van der Waals surface area contributed by atoms with E-state index in [1.165, 1.54) is 25.3 Å². The second kappa shape index (κ2) is 8.08. The van der Waals surface area contributed by atoms with Crippen LogP contribution in [0.4, 0.5) is 13.2 Å². The van der Waals surface area contributed by atoms with E-state index in [2.05, 4.69) is 5.32 Å². The number of alkyl halides is 3. The topological polar surface area (TPSA) is 60.3 Å². The molecule has 8 heteroatoms. The second-order valence-corrected chi connectivity index (χ2v) is 6.71. The first-order valence-corrected chi connectivity index (χ1v) is 9.06. The first kappa shape index (κ1) is 20.0. The molecule has 1 amide bonds. The van der Waals surface area contributed by atoms with Gasteiger partial charge in [0, 0.05) is 24.8 Å². The molecule has 150 valence electrons. The number of rotatable bonds is 4. The van der Waals surface area contributed by atoms with Gasteiger partial charge < -0.3 is 14.6 Å². The summed E-state index contributed by atoms with van der Waals surface area (Å²) >= 11 is 0. The van der Waals surface area contributed by atoms with Gasteiger partial charge in [-0.2, -0.15) is 13.2 Å². The molecule has 0 unspecified atom stereocenters. The summed E-state index contributed by atoms with van der Waals surface area (Å²) in [5.74, 6) is -0.203. The minimum atomic E-state index is -4.40. The zero-order valence-electron chi connectivity index (χ0n) is 15.4. The van der Waals surface area contributed by atoms with Gasteiger partial charge in [-0.3, -0.25) is 9.59 Å². The molecular formula is C20H21F3N2O3. The zero-order chi connectivity index (χ0) is 20.3. The van der Waals surface area contributed by atoms with Crippen molar-refractivity contribution in [3.63, 3.8) is 0 Å². The molecule has 5 nitrogen and oxygen atoms in total. The minimum Gasteiger partial charge on any atom is -0.496 e. The van der Waals surface area contributed by atoms with Crippen LogP contribution in [0.5, 0.6) is 5.75 Å². The van der Waals surface area contributed by atoms with E-state index in [1.807, 2.05) is 0 Å². The Bertz CT molecular complexity index is 918. The molecule has 1 aliphatic heterocycles. The fourth-order valence-corrected chi connectivity index (χ4v) is 3.40. The van der Waals surface area contributed by atoms with Crippen LogP contribution in [0, 0.1) is 0 Å². The molecule has 2 aromatic rings. The molecule has 2 heterocycles. The summed E-state index contributed by atoms with van der Waals surface area (Å²) in [5.41, 5.74) is 0.562. The highest BCUT2D eigenvalue weighted by molar-refractivity contribution is 5.98. The van der Waals surface area contributed by atoms with E-state index in [4.69, 9.17) is 4.74 Å². The zero-order valence-corrected chi connectivity index (χ0v) is 15.4. The van der Waals surface area contributed by atoms with E-state index in [1.54, 1.807) is 4.57 Å². The molecule has 0 aliphatic carbocycles. The molecule has 3 rings (SSSR count). The van der Waals surface area contributed by atoms with Gasteiger partial charge in [0.1, 0.15) is 11.3 Å². The van der Waals surface area contributed by atoms with Crippen molar-refractivity contribution in [1.82, 2.24) is 9.88 Å². The van der Waals surface area contributed by atoms with Crippen LogP contribution in [-0.2, 0) is 25.7 Å². The number of fused-ring (bicyclic) bond motifs is 1. The fraction of sp³-hybridized carbons (Fsp3) is 0.400. The Labute approximate surface area is 160 Å². The second-order valence-electron chi connectivity index (χ2n) is 6.71. The number of carbonyl (C=O) groups excluding carboxylic acids is 1. The largest absolute Gasteiger partial charge is 0.496 e. The highest BCUT2D eigenvalue weighted by atomic mass is 19.4. The van der Waals surface area contributed by atoms with E-state index < -0.39 is 17.6 Å². The van der Waals surface area contributed by atoms with Crippen LogP contribution < -0.4 is 15.6 Å². The Morgan fingerprint density at radius 3 is 2.54 bits per heavy atom. The molecule has 0 radical (unpaired) electrons. The number of benzene rings is 1. The number of hydrogen-bond acceptors (Lipinski definition) is 3. The summed E-state index contributed by atoms with van der Waals surface area (Å²) in [6, 6.07) is 5.93. The van der Waals surface area contributed by atoms with Gasteiger partial charge >= 0.3 is 6.18 Å². The monoisotopic (exact) mass is 394 g/mol. The van der Waals surface area contributed by atoms with E-state index >= 15 is 0 Å². The van der Waals surface area contributed by atoms with Crippen molar-refractivity contribution < 1.29 is 22.7 Å². The SMILES string of the molecule is COc1cc(=O)n2c(c1C(=O)NCc1ccc(C(F)(F)F)cc1)CCCCC2. The third-order valence-electron chi connectivity index (χ3n) is 4.86. The predicted molar refractivity (Wildman–Crippen MR) is 97.4 cm³/mol. The highest BCUT2D eigenvalue weighted by Crippen LogP contribution is 2.29. The average Bonchev–Trinajstić information content (AvgIpc) is 2.92. The van der Waals surface area contributed by atoms with E-state index in [0.717, 1.165) is 31.4 Å². The number of carbonyl (C=O) groups is 1. The molecule has 1 aromatic carbocycles. The number of methoxy groups -OCH3 is 1. The van der Waals surface area contributed by atoms with Gasteiger partial charge in [0.15, 0.2) is 0 Å². The van der Waals surface area contributed by atoms with Gasteiger partial charge in [-0.05, 0) is 37.0 Å². The normalized spacial score (nSPS) is 14.1. The maximum absolute atomic E-state index is 12.8. The number of nitrogens with one attached hydrogen (secondary N) is 1. The van der Waals surface area contributed by atoms with Gasteiger partial charge in [-0.15, -0.1) is 0 Å². The Hall–Kier alpha value is -2.77. The first-order chi connectivity index (χ1) is 13.3. The number of ether oxygens (including phenoxy) is 1. The lowest BCUT2D eigenvalue weighted by Crippen LogP contribution is -2.30. The maximum Gasteiger partial charge on any atom is 0.416 e. The summed E-state index contributed by atoms with van der Waals surface area (Å²) in [7, 11) is 1.40. The lowest BCUT2D eigenvalue weighted by molar-refractivity contribution is -0.137. The van der Waals surface area contributed by atoms with Gasteiger partial charge in [-0.25, -0.2) is 0 Å². The molecule has 1 N–H and O–H groups in total. The van der Waals surface area contributed by atoms with E-state index in [-0.39, 0.29) is 17.9 Å². The fourth-order valence-electron chi connectivity index (χ4n) is 3.40. The minimum absolute atomic E-state index is 0.0681. The Balaban J connectivity index is 1.83. The molecule has 0 saturated heterocycles. The first-order valence-electron chi connectivity index (χ1n) is 9.06. The molecule has 1 aromatic heterocycles. The third kappa shape index (κ3) is 4.21. The molecule has 0 spiro atoms. The van der Waals surface area contributed by atoms with Crippen LogP contribution in [0.3, 0.4) is 0 Å². The molecule has 1 aliphatic rings. The van der Waals surface area contributed by atoms with Crippen molar-refractivity contribution in [2.75, 3.05) is 7.11 Å². The van der Waals surface area contributed by atoms with Gasteiger partial charge in [-0.1, -0.05) is 18.6 Å². The van der Waals surface area contributed by atoms with E-state index in [0.29, 0.717) is 29.8 Å². The number of pyridine rings is 1. The molecule has 0 saturated carbocycles. The van der Waals surface area contributed by atoms with Crippen molar-refractivity contribution in [2.45, 2.75) is 44.9 Å². The van der Waals surface area contributed by atoms with Crippen molar-refractivity contribution in [3.8, 4) is 5.75 Å². The average molecular weight is 394 g/mol. The van der Waals surface area contributed by atoms with Crippen LogP contribution in [0.25, 0.3) is 0 Å². The smallest absolute Gasteiger partial charge is 0.416 e. The number of halogens is 3. The van der Waals surface area contributed by atoms with Crippen LogP contribution >= 0.6 is 0 Å². The van der Waals surface area contributed by atoms with Gasteiger partial charge in [0.25, 0.3) is 11.5 Å². The van der Waals surface area contributed by atoms with Crippen molar-refractivity contribution in [3.05, 3.63) is 63.1 Å². The Kier molecular flexibility index (Phi) is 5.76. The van der Waals surface area contributed by atoms with Crippen LogP contribution in [0.2, 0.25) is 0 Å². The summed E-state index contributed by atoms with van der Waals surface area (Å²) in [5, 5.41) is 2.72.